The number of aliphatic carboxylic acids is 1. The Balaban J connectivity index is 2.04. The first-order valence-electron chi connectivity index (χ1n) is 7.21. The molecule has 0 aromatic heterocycles. The molecule has 1 aromatic carbocycles. The van der Waals surface area contributed by atoms with E-state index in [1.165, 1.54) is 0 Å². The number of likely N-dealkylation sites (tertiary alicyclic amines) is 1. The summed E-state index contributed by atoms with van der Waals surface area (Å²) in [6.07, 6.45) is 0.470. The van der Waals surface area contributed by atoms with Gasteiger partial charge in [0.15, 0.2) is 0 Å². The standard InChI is InChI=1S/C16H21NO5/c1-16(15(19)20)6-7-17(11-16)14(18)12-4-3-5-13(10-12)22-9-8-21-2/h3-5,10H,6-9,11H2,1-2H3,(H,19,20). The molecule has 1 unspecified atom stereocenters. The first-order chi connectivity index (χ1) is 10.5. The normalized spacial score (nSPS) is 20.9. The van der Waals surface area contributed by atoms with Crippen LogP contribution in [0, 0.1) is 5.41 Å². The third-order valence-electron chi connectivity index (χ3n) is 3.91. The summed E-state index contributed by atoms with van der Waals surface area (Å²) in [5.41, 5.74) is -0.355. The fourth-order valence-corrected chi connectivity index (χ4v) is 2.45. The number of ether oxygens (including phenoxy) is 2. The number of rotatable bonds is 6. The Hall–Kier alpha value is -2.08. The van der Waals surface area contributed by atoms with E-state index in [0.29, 0.717) is 37.5 Å². The van der Waals surface area contributed by atoms with Gasteiger partial charge in [-0.3, -0.25) is 9.59 Å². The molecular weight excluding hydrogens is 286 g/mol. The molecule has 2 rings (SSSR count). The minimum atomic E-state index is -0.862. The Bertz CT molecular complexity index is 559. The quantitative estimate of drug-likeness (QED) is 0.809. The molecule has 0 radical (unpaired) electrons. The molecule has 1 amide bonds. The molecule has 0 spiro atoms. The van der Waals surface area contributed by atoms with Gasteiger partial charge in [-0.25, -0.2) is 0 Å². The highest BCUT2D eigenvalue weighted by Crippen LogP contribution is 2.31. The van der Waals surface area contributed by atoms with E-state index < -0.39 is 11.4 Å². The molecule has 1 fully saturated rings. The van der Waals surface area contributed by atoms with Gasteiger partial charge in [-0.05, 0) is 31.5 Å². The van der Waals surface area contributed by atoms with Crippen molar-refractivity contribution in [2.75, 3.05) is 33.4 Å². The Morgan fingerprint density at radius 2 is 2.14 bits per heavy atom. The predicted molar refractivity (Wildman–Crippen MR) is 80.1 cm³/mol. The van der Waals surface area contributed by atoms with Crippen LogP contribution in [0.4, 0.5) is 0 Å². The van der Waals surface area contributed by atoms with Gasteiger partial charge < -0.3 is 19.5 Å². The summed E-state index contributed by atoms with van der Waals surface area (Å²) in [7, 11) is 1.59. The number of methoxy groups -OCH3 is 1. The summed E-state index contributed by atoms with van der Waals surface area (Å²) in [5.74, 6) is -0.426. The smallest absolute Gasteiger partial charge is 0.311 e. The third-order valence-corrected chi connectivity index (χ3v) is 3.91. The van der Waals surface area contributed by atoms with Crippen LogP contribution in [-0.2, 0) is 9.53 Å². The van der Waals surface area contributed by atoms with Crippen LogP contribution in [0.5, 0.6) is 5.75 Å². The van der Waals surface area contributed by atoms with Gasteiger partial charge in [0.25, 0.3) is 5.91 Å². The summed E-state index contributed by atoms with van der Waals surface area (Å²) in [6.45, 7) is 3.25. The van der Waals surface area contributed by atoms with Gasteiger partial charge in [0.1, 0.15) is 12.4 Å². The lowest BCUT2D eigenvalue weighted by molar-refractivity contribution is -0.147. The van der Waals surface area contributed by atoms with Gasteiger partial charge in [0.05, 0.1) is 12.0 Å². The number of benzene rings is 1. The molecule has 1 atom stereocenters. The molecule has 22 heavy (non-hydrogen) atoms. The molecule has 120 valence electrons. The number of hydrogen-bond donors (Lipinski definition) is 1. The van der Waals surface area contributed by atoms with Gasteiger partial charge in [-0.2, -0.15) is 0 Å². The van der Waals surface area contributed by atoms with Crippen molar-refractivity contribution < 1.29 is 24.2 Å². The van der Waals surface area contributed by atoms with Crippen LogP contribution in [0.1, 0.15) is 23.7 Å². The zero-order valence-electron chi connectivity index (χ0n) is 12.9. The fraction of sp³-hybridized carbons (Fsp3) is 0.500. The summed E-state index contributed by atoms with van der Waals surface area (Å²) in [5, 5.41) is 9.24. The second-order valence-corrected chi connectivity index (χ2v) is 5.71. The van der Waals surface area contributed by atoms with Crippen LogP contribution in [0.2, 0.25) is 0 Å². The average molecular weight is 307 g/mol. The van der Waals surface area contributed by atoms with E-state index in [-0.39, 0.29) is 12.5 Å². The van der Waals surface area contributed by atoms with Crippen molar-refractivity contribution in [1.29, 1.82) is 0 Å². The second-order valence-electron chi connectivity index (χ2n) is 5.71. The Kier molecular flexibility index (Phi) is 5.03. The Morgan fingerprint density at radius 3 is 2.77 bits per heavy atom. The van der Waals surface area contributed by atoms with Crippen LogP contribution in [0.25, 0.3) is 0 Å². The van der Waals surface area contributed by atoms with Gasteiger partial charge in [0, 0.05) is 25.8 Å². The maximum absolute atomic E-state index is 12.5. The highest BCUT2D eigenvalue weighted by molar-refractivity contribution is 5.95. The number of hydrogen-bond acceptors (Lipinski definition) is 4. The van der Waals surface area contributed by atoms with Crippen molar-refractivity contribution >= 4 is 11.9 Å². The molecule has 1 saturated heterocycles. The maximum atomic E-state index is 12.5. The van der Waals surface area contributed by atoms with Crippen LogP contribution >= 0.6 is 0 Å². The predicted octanol–water partition coefficient (Wildman–Crippen LogP) is 1.65. The van der Waals surface area contributed by atoms with Gasteiger partial charge >= 0.3 is 5.97 Å². The van der Waals surface area contributed by atoms with E-state index >= 15 is 0 Å². The number of nitrogens with zero attached hydrogens (tertiary/aromatic N) is 1. The van der Waals surface area contributed by atoms with Crippen molar-refractivity contribution in [3.63, 3.8) is 0 Å². The van der Waals surface area contributed by atoms with E-state index in [4.69, 9.17) is 9.47 Å². The number of carboxylic acid groups (broad SMARTS) is 1. The van der Waals surface area contributed by atoms with E-state index in [1.807, 2.05) is 0 Å². The molecule has 6 nitrogen and oxygen atoms in total. The lowest BCUT2D eigenvalue weighted by Crippen LogP contribution is -2.34. The lowest BCUT2D eigenvalue weighted by Gasteiger charge is -2.20. The Morgan fingerprint density at radius 1 is 1.36 bits per heavy atom. The zero-order valence-corrected chi connectivity index (χ0v) is 12.9. The largest absolute Gasteiger partial charge is 0.491 e. The summed E-state index contributed by atoms with van der Waals surface area (Å²) >= 11 is 0. The summed E-state index contributed by atoms with van der Waals surface area (Å²) < 4.78 is 10.4. The van der Waals surface area contributed by atoms with E-state index in [9.17, 15) is 14.7 Å². The number of carbonyl (C=O) groups excluding carboxylic acids is 1. The molecule has 0 aliphatic carbocycles. The van der Waals surface area contributed by atoms with Crippen LogP contribution in [0.3, 0.4) is 0 Å². The first-order valence-corrected chi connectivity index (χ1v) is 7.21. The van der Waals surface area contributed by atoms with Gasteiger partial charge in [0.2, 0.25) is 0 Å². The van der Waals surface area contributed by atoms with Gasteiger partial charge in [-0.15, -0.1) is 0 Å². The topological polar surface area (TPSA) is 76.1 Å². The molecule has 1 aliphatic rings. The SMILES string of the molecule is COCCOc1cccc(C(=O)N2CCC(C)(C(=O)O)C2)c1. The summed E-state index contributed by atoms with van der Waals surface area (Å²) in [6, 6.07) is 6.91. The van der Waals surface area contributed by atoms with E-state index in [2.05, 4.69) is 0 Å². The zero-order chi connectivity index (χ0) is 16.2. The molecule has 0 bridgehead atoms. The molecule has 1 aliphatic heterocycles. The van der Waals surface area contributed by atoms with Crippen molar-refractivity contribution in [1.82, 2.24) is 4.90 Å². The van der Waals surface area contributed by atoms with Crippen LogP contribution in [-0.4, -0.2) is 55.3 Å². The monoisotopic (exact) mass is 307 g/mol. The molecular formula is C16H21NO5. The number of carbonyl (C=O) groups is 2. The highest BCUT2D eigenvalue weighted by atomic mass is 16.5. The molecule has 6 heteroatoms. The Labute approximate surface area is 129 Å². The van der Waals surface area contributed by atoms with Gasteiger partial charge in [-0.1, -0.05) is 6.07 Å². The van der Waals surface area contributed by atoms with Crippen molar-refractivity contribution in [3.05, 3.63) is 29.8 Å². The summed E-state index contributed by atoms with van der Waals surface area (Å²) in [4.78, 5) is 25.3. The van der Waals surface area contributed by atoms with E-state index in [0.717, 1.165) is 0 Å². The molecule has 1 aromatic rings. The van der Waals surface area contributed by atoms with Crippen LogP contribution < -0.4 is 4.74 Å². The van der Waals surface area contributed by atoms with Crippen molar-refractivity contribution in [2.45, 2.75) is 13.3 Å². The lowest BCUT2D eigenvalue weighted by atomic mass is 9.90. The van der Waals surface area contributed by atoms with Crippen molar-refractivity contribution in [3.8, 4) is 5.75 Å². The first kappa shape index (κ1) is 16.3. The fourth-order valence-electron chi connectivity index (χ4n) is 2.45. The minimum absolute atomic E-state index is 0.165. The highest BCUT2D eigenvalue weighted by Gasteiger charge is 2.42. The third kappa shape index (κ3) is 3.57. The number of carboxylic acids is 1. The molecule has 1 heterocycles. The van der Waals surface area contributed by atoms with E-state index in [1.54, 1.807) is 43.2 Å². The maximum Gasteiger partial charge on any atom is 0.311 e. The molecule has 0 saturated carbocycles. The average Bonchev–Trinajstić information content (AvgIpc) is 2.91. The molecule has 1 N–H and O–H groups in total. The number of amides is 1. The minimum Gasteiger partial charge on any atom is -0.491 e. The van der Waals surface area contributed by atoms with Crippen molar-refractivity contribution in [2.24, 2.45) is 5.41 Å². The van der Waals surface area contributed by atoms with Crippen LogP contribution in [0.15, 0.2) is 24.3 Å². The second kappa shape index (κ2) is 6.79.